The van der Waals surface area contributed by atoms with Gasteiger partial charge in [-0.15, -0.1) is 0 Å². The number of rotatable bonds is 1. The first-order valence-electron chi connectivity index (χ1n) is 11.2. The molecular formula is C31H22O. The maximum atomic E-state index is 6.57. The van der Waals surface area contributed by atoms with E-state index in [9.17, 15) is 0 Å². The molecule has 0 aromatic heterocycles. The maximum Gasteiger partial charge on any atom is 0.143 e. The van der Waals surface area contributed by atoms with Crippen molar-refractivity contribution in [2.45, 2.75) is 19.3 Å². The minimum Gasteiger partial charge on any atom is -0.455 e. The molecule has 2 aliphatic rings. The summed E-state index contributed by atoms with van der Waals surface area (Å²) >= 11 is 0. The van der Waals surface area contributed by atoms with Gasteiger partial charge in [-0.3, -0.25) is 0 Å². The molecule has 0 unspecified atom stereocenters. The summed E-state index contributed by atoms with van der Waals surface area (Å²) in [5, 5.41) is 2.41. The van der Waals surface area contributed by atoms with Crippen LogP contribution < -0.4 is 4.74 Å². The molecule has 152 valence electrons. The molecule has 0 saturated carbocycles. The zero-order valence-electron chi connectivity index (χ0n) is 18.1. The highest BCUT2D eigenvalue weighted by Crippen LogP contribution is 2.53. The molecule has 0 fully saturated rings. The fraction of sp³-hybridized carbons (Fsp3) is 0.0968. The molecule has 1 aliphatic heterocycles. The van der Waals surface area contributed by atoms with Crippen molar-refractivity contribution in [1.82, 2.24) is 0 Å². The van der Waals surface area contributed by atoms with Crippen LogP contribution in [0.3, 0.4) is 0 Å². The number of hydrogen-bond acceptors (Lipinski definition) is 1. The van der Waals surface area contributed by atoms with Gasteiger partial charge in [-0.25, -0.2) is 0 Å². The first kappa shape index (κ1) is 17.8. The first-order valence-corrected chi connectivity index (χ1v) is 11.2. The Balaban J connectivity index is 1.49. The second-order valence-electron chi connectivity index (χ2n) is 9.38. The Morgan fingerprint density at radius 3 is 2.19 bits per heavy atom. The van der Waals surface area contributed by atoms with Gasteiger partial charge in [-0.1, -0.05) is 92.7 Å². The van der Waals surface area contributed by atoms with E-state index in [4.69, 9.17) is 4.74 Å². The van der Waals surface area contributed by atoms with Crippen LogP contribution >= 0.6 is 0 Å². The van der Waals surface area contributed by atoms with Crippen LogP contribution in [0.5, 0.6) is 11.5 Å². The third-order valence-electron chi connectivity index (χ3n) is 7.28. The van der Waals surface area contributed by atoms with Gasteiger partial charge in [0.1, 0.15) is 11.5 Å². The predicted molar refractivity (Wildman–Crippen MR) is 132 cm³/mol. The second-order valence-corrected chi connectivity index (χ2v) is 9.38. The average Bonchev–Trinajstić information content (AvgIpc) is 3.06. The zero-order valence-corrected chi connectivity index (χ0v) is 18.1. The number of ether oxygens (including phenoxy) is 1. The Morgan fingerprint density at radius 2 is 1.28 bits per heavy atom. The molecule has 5 aromatic carbocycles. The van der Waals surface area contributed by atoms with Crippen molar-refractivity contribution in [3.8, 4) is 44.9 Å². The predicted octanol–water partition coefficient (Wildman–Crippen LogP) is 8.59. The van der Waals surface area contributed by atoms with Gasteiger partial charge in [-0.2, -0.15) is 0 Å². The van der Waals surface area contributed by atoms with Crippen molar-refractivity contribution >= 4 is 10.8 Å². The molecule has 0 radical (unpaired) electrons. The van der Waals surface area contributed by atoms with Crippen LogP contribution in [0, 0.1) is 0 Å². The van der Waals surface area contributed by atoms with E-state index in [1.807, 2.05) is 6.07 Å². The summed E-state index contributed by atoms with van der Waals surface area (Å²) in [5.74, 6) is 1.89. The van der Waals surface area contributed by atoms with Crippen molar-refractivity contribution in [2.24, 2.45) is 0 Å². The molecule has 1 heterocycles. The second kappa shape index (κ2) is 6.11. The summed E-state index contributed by atoms with van der Waals surface area (Å²) in [5.41, 5.74) is 10.2. The lowest BCUT2D eigenvalue weighted by Crippen LogP contribution is -2.14. The van der Waals surface area contributed by atoms with Gasteiger partial charge >= 0.3 is 0 Å². The van der Waals surface area contributed by atoms with E-state index in [1.54, 1.807) is 0 Å². The Hall–Kier alpha value is -3.84. The van der Waals surface area contributed by atoms with E-state index >= 15 is 0 Å². The molecule has 0 amide bonds. The van der Waals surface area contributed by atoms with Gasteiger partial charge in [0, 0.05) is 21.9 Å². The first-order chi connectivity index (χ1) is 15.6. The van der Waals surface area contributed by atoms with E-state index in [0.717, 1.165) is 22.6 Å². The van der Waals surface area contributed by atoms with Gasteiger partial charge in [0.25, 0.3) is 0 Å². The highest BCUT2D eigenvalue weighted by Gasteiger charge is 2.35. The van der Waals surface area contributed by atoms with E-state index < -0.39 is 0 Å². The van der Waals surface area contributed by atoms with Crippen molar-refractivity contribution in [3.05, 3.63) is 108 Å². The molecule has 32 heavy (non-hydrogen) atoms. The molecule has 0 atom stereocenters. The topological polar surface area (TPSA) is 9.23 Å². The van der Waals surface area contributed by atoms with Gasteiger partial charge < -0.3 is 4.74 Å². The number of hydrogen-bond donors (Lipinski definition) is 0. The Bertz CT molecular complexity index is 1570. The summed E-state index contributed by atoms with van der Waals surface area (Å²) in [6.07, 6.45) is 0. The number of para-hydroxylation sites is 1. The fourth-order valence-corrected chi connectivity index (χ4v) is 5.66. The van der Waals surface area contributed by atoms with Crippen LogP contribution in [0.1, 0.15) is 25.0 Å². The fourth-order valence-electron chi connectivity index (χ4n) is 5.66. The van der Waals surface area contributed by atoms with Gasteiger partial charge in [0.05, 0.1) is 0 Å². The smallest absolute Gasteiger partial charge is 0.143 e. The lowest BCUT2D eigenvalue weighted by atomic mass is 9.81. The van der Waals surface area contributed by atoms with Crippen molar-refractivity contribution in [1.29, 1.82) is 0 Å². The van der Waals surface area contributed by atoms with Gasteiger partial charge in [0.15, 0.2) is 0 Å². The molecule has 0 N–H and O–H groups in total. The summed E-state index contributed by atoms with van der Waals surface area (Å²) < 4.78 is 6.57. The largest absolute Gasteiger partial charge is 0.455 e. The minimum absolute atomic E-state index is 0.0192. The van der Waals surface area contributed by atoms with Crippen LogP contribution in [-0.2, 0) is 5.41 Å². The Morgan fingerprint density at radius 1 is 0.562 bits per heavy atom. The van der Waals surface area contributed by atoms with Crippen molar-refractivity contribution < 1.29 is 4.74 Å². The summed E-state index contributed by atoms with van der Waals surface area (Å²) in [6.45, 7) is 4.66. The summed E-state index contributed by atoms with van der Waals surface area (Å²) in [6, 6.07) is 35.0. The molecule has 7 rings (SSSR count). The van der Waals surface area contributed by atoms with Crippen LogP contribution in [0.25, 0.3) is 44.2 Å². The SMILES string of the molecule is CC1(C)c2ccccc2-c2ccc(-c3ccc4cccc5c4c3Oc3ccccc3-5)cc21. The van der Waals surface area contributed by atoms with Gasteiger partial charge in [0.2, 0.25) is 0 Å². The van der Waals surface area contributed by atoms with Crippen LogP contribution in [0.2, 0.25) is 0 Å². The number of fused-ring (bicyclic) bond motifs is 5. The molecule has 5 aromatic rings. The Kier molecular flexibility index (Phi) is 3.40. The zero-order chi connectivity index (χ0) is 21.4. The molecular weight excluding hydrogens is 388 g/mol. The lowest BCUT2D eigenvalue weighted by molar-refractivity contribution is 0.489. The molecule has 0 saturated heterocycles. The lowest BCUT2D eigenvalue weighted by Gasteiger charge is -2.25. The minimum atomic E-state index is -0.0192. The van der Waals surface area contributed by atoms with Crippen LogP contribution in [0.4, 0.5) is 0 Å². The quantitative estimate of drug-likeness (QED) is 0.264. The molecule has 1 aliphatic carbocycles. The standard InChI is InChI=1S/C31H22O/c1-31(2)26-12-5-3-9-22(26)23-17-15-20(18-27(23)31)21-16-14-19-8-7-11-25-24-10-4-6-13-28(24)32-30(21)29(19)25/h3-18H,1-2H3. The molecule has 0 bridgehead atoms. The third kappa shape index (κ3) is 2.23. The summed E-state index contributed by atoms with van der Waals surface area (Å²) in [7, 11) is 0. The normalized spacial score (nSPS) is 14.4. The van der Waals surface area contributed by atoms with Gasteiger partial charge in [-0.05, 0) is 57.0 Å². The van der Waals surface area contributed by atoms with Crippen molar-refractivity contribution in [2.75, 3.05) is 0 Å². The highest BCUT2D eigenvalue weighted by molar-refractivity contribution is 6.07. The van der Waals surface area contributed by atoms with Crippen LogP contribution in [-0.4, -0.2) is 0 Å². The summed E-state index contributed by atoms with van der Waals surface area (Å²) in [4.78, 5) is 0. The van der Waals surface area contributed by atoms with E-state index in [2.05, 4.69) is 105 Å². The number of benzene rings is 5. The monoisotopic (exact) mass is 410 g/mol. The molecule has 1 nitrogen and oxygen atoms in total. The van der Waals surface area contributed by atoms with E-state index in [0.29, 0.717) is 0 Å². The molecule has 0 spiro atoms. The van der Waals surface area contributed by atoms with Crippen molar-refractivity contribution in [3.63, 3.8) is 0 Å². The average molecular weight is 411 g/mol. The third-order valence-corrected chi connectivity index (χ3v) is 7.28. The highest BCUT2D eigenvalue weighted by atomic mass is 16.5. The maximum absolute atomic E-state index is 6.57. The molecule has 1 heteroatoms. The van der Waals surface area contributed by atoms with Crippen LogP contribution in [0.15, 0.2) is 97.1 Å². The van der Waals surface area contributed by atoms with E-state index in [-0.39, 0.29) is 5.41 Å². The van der Waals surface area contributed by atoms with E-state index in [1.165, 1.54) is 44.2 Å². The Labute approximate surface area is 187 Å².